The summed E-state index contributed by atoms with van der Waals surface area (Å²) in [7, 11) is 0. The Hall–Kier alpha value is -2.65. The van der Waals surface area contributed by atoms with Crippen molar-refractivity contribution in [2.24, 2.45) is 0 Å². The number of aryl methyl sites for hydroxylation is 2. The van der Waals surface area contributed by atoms with Gasteiger partial charge in [0.1, 0.15) is 6.29 Å². The van der Waals surface area contributed by atoms with Crippen LogP contribution in [0, 0.1) is 6.92 Å². The fourth-order valence-corrected chi connectivity index (χ4v) is 3.86. The van der Waals surface area contributed by atoms with Crippen LogP contribution in [0.2, 0.25) is 5.02 Å². The van der Waals surface area contributed by atoms with Crippen LogP contribution in [0.4, 0.5) is 0 Å². The summed E-state index contributed by atoms with van der Waals surface area (Å²) in [6.07, 6.45) is 2.71. The zero-order valence-electron chi connectivity index (χ0n) is 14.1. The molecule has 0 saturated heterocycles. The monoisotopic (exact) mass is 348 g/mol. The number of benzene rings is 2. The van der Waals surface area contributed by atoms with Gasteiger partial charge in [0, 0.05) is 39.7 Å². The molecule has 0 N–H and O–H groups in total. The van der Waals surface area contributed by atoms with Crippen LogP contribution >= 0.6 is 11.6 Å². The molecule has 0 aliphatic heterocycles. The highest BCUT2D eigenvalue weighted by molar-refractivity contribution is 6.32. The van der Waals surface area contributed by atoms with Crippen molar-refractivity contribution in [2.75, 3.05) is 0 Å². The maximum atomic E-state index is 11.2. The number of carbonyl (C=O) groups is 1. The fraction of sp³-hybridized carbons (Fsp3) is 0.143. The summed E-state index contributed by atoms with van der Waals surface area (Å²) in [5.74, 6) is 0. The van der Waals surface area contributed by atoms with E-state index in [-0.39, 0.29) is 0 Å². The number of aldehydes is 1. The van der Waals surface area contributed by atoms with E-state index in [1.165, 1.54) is 0 Å². The molecule has 2 aromatic heterocycles. The van der Waals surface area contributed by atoms with Gasteiger partial charge in [-0.3, -0.25) is 9.78 Å². The second-order valence-electron chi connectivity index (χ2n) is 6.13. The second-order valence-corrected chi connectivity index (χ2v) is 6.57. The lowest BCUT2D eigenvalue weighted by Gasteiger charge is -2.11. The predicted molar refractivity (Wildman–Crippen MR) is 103 cm³/mol. The molecule has 0 aliphatic carbocycles. The molecule has 3 nitrogen and oxygen atoms in total. The third-order valence-electron chi connectivity index (χ3n) is 4.66. The van der Waals surface area contributed by atoms with Gasteiger partial charge in [0.05, 0.1) is 16.7 Å². The zero-order chi connectivity index (χ0) is 17.6. The van der Waals surface area contributed by atoms with Crippen molar-refractivity contribution in [3.63, 3.8) is 0 Å². The molecule has 0 bridgehead atoms. The molecule has 0 radical (unpaired) electrons. The van der Waals surface area contributed by atoms with Gasteiger partial charge >= 0.3 is 0 Å². The summed E-state index contributed by atoms with van der Waals surface area (Å²) < 4.78 is 2.28. The van der Waals surface area contributed by atoms with Crippen molar-refractivity contribution in [2.45, 2.75) is 20.4 Å². The van der Waals surface area contributed by atoms with Crippen LogP contribution in [0.3, 0.4) is 0 Å². The summed E-state index contributed by atoms with van der Waals surface area (Å²) in [5, 5.41) is 2.95. The summed E-state index contributed by atoms with van der Waals surface area (Å²) >= 11 is 6.45. The number of nitrogens with zero attached hydrogens (tertiary/aromatic N) is 2. The molecular formula is C21H17ClN2O. The molecule has 4 heteroatoms. The molecule has 2 heterocycles. The van der Waals surface area contributed by atoms with E-state index in [1.807, 2.05) is 55.6 Å². The average Bonchev–Trinajstić information content (AvgIpc) is 2.96. The maximum absolute atomic E-state index is 11.2. The van der Waals surface area contributed by atoms with E-state index in [2.05, 4.69) is 16.5 Å². The Morgan fingerprint density at radius 2 is 1.96 bits per heavy atom. The van der Waals surface area contributed by atoms with Crippen molar-refractivity contribution < 1.29 is 4.79 Å². The standard InChI is InChI=1S/C21H17ClN2O/c1-3-24-20-13(2)23-8-7-17(20)19-11-16(22)10-18(21(19)24)15-6-4-5-14(9-15)12-25/h4-12H,3H2,1-2H3. The molecule has 0 atom stereocenters. The van der Waals surface area contributed by atoms with E-state index in [0.29, 0.717) is 10.6 Å². The van der Waals surface area contributed by atoms with Gasteiger partial charge in [-0.25, -0.2) is 0 Å². The number of carbonyl (C=O) groups excluding carboxylic acids is 1. The third kappa shape index (κ3) is 2.43. The van der Waals surface area contributed by atoms with Crippen molar-refractivity contribution in [3.8, 4) is 11.1 Å². The zero-order valence-corrected chi connectivity index (χ0v) is 14.8. The molecule has 25 heavy (non-hydrogen) atoms. The molecule has 0 spiro atoms. The smallest absolute Gasteiger partial charge is 0.150 e. The van der Waals surface area contributed by atoms with Crippen LogP contribution in [-0.4, -0.2) is 15.8 Å². The van der Waals surface area contributed by atoms with Gasteiger partial charge in [0.2, 0.25) is 0 Å². The largest absolute Gasteiger partial charge is 0.339 e. The Bertz CT molecular complexity index is 1130. The highest BCUT2D eigenvalue weighted by Crippen LogP contribution is 2.39. The highest BCUT2D eigenvalue weighted by Gasteiger charge is 2.17. The molecule has 0 amide bonds. The second kappa shape index (κ2) is 6.01. The summed E-state index contributed by atoms with van der Waals surface area (Å²) in [6, 6.07) is 13.7. The number of pyridine rings is 1. The summed E-state index contributed by atoms with van der Waals surface area (Å²) in [5.41, 5.74) is 5.93. The molecule has 4 rings (SSSR count). The van der Waals surface area contributed by atoms with Crippen LogP contribution in [0.15, 0.2) is 48.7 Å². The van der Waals surface area contributed by atoms with E-state index in [9.17, 15) is 4.79 Å². The molecule has 0 aliphatic rings. The van der Waals surface area contributed by atoms with Crippen LogP contribution in [0.5, 0.6) is 0 Å². The van der Waals surface area contributed by atoms with E-state index in [4.69, 9.17) is 11.6 Å². The van der Waals surface area contributed by atoms with Crippen molar-refractivity contribution in [1.29, 1.82) is 0 Å². The number of aromatic nitrogens is 2. The molecule has 124 valence electrons. The third-order valence-corrected chi connectivity index (χ3v) is 4.88. The summed E-state index contributed by atoms with van der Waals surface area (Å²) in [4.78, 5) is 15.7. The Morgan fingerprint density at radius 3 is 2.72 bits per heavy atom. The minimum atomic E-state index is 0.655. The molecular weight excluding hydrogens is 332 g/mol. The van der Waals surface area contributed by atoms with Gasteiger partial charge in [0.15, 0.2) is 0 Å². The van der Waals surface area contributed by atoms with Crippen LogP contribution in [-0.2, 0) is 6.54 Å². The minimum Gasteiger partial charge on any atom is -0.339 e. The molecule has 0 fully saturated rings. The Balaban J connectivity index is 2.20. The van der Waals surface area contributed by atoms with Crippen LogP contribution < -0.4 is 0 Å². The van der Waals surface area contributed by atoms with Crippen molar-refractivity contribution >= 4 is 39.7 Å². The lowest BCUT2D eigenvalue weighted by Crippen LogP contribution is -1.97. The number of halogens is 1. The Labute approximate surface area is 150 Å². The maximum Gasteiger partial charge on any atom is 0.150 e. The molecule has 0 unspecified atom stereocenters. The Kier molecular flexibility index (Phi) is 3.81. The number of rotatable bonds is 3. The molecule has 2 aromatic carbocycles. The lowest BCUT2D eigenvalue weighted by atomic mass is 10.0. The van der Waals surface area contributed by atoms with Gasteiger partial charge in [-0.1, -0.05) is 29.8 Å². The first-order chi connectivity index (χ1) is 12.1. The fourth-order valence-electron chi connectivity index (χ4n) is 3.64. The highest BCUT2D eigenvalue weighted by atomic mass is 35.5. The Morgan fingerprint density at radius 1 is 1.12 bits per heavy atom. The van der Waals surface area contributed by atoms with Crippen molar-refractivity contribution in [1.82, 2.24) is 9.55 Å². The summed E-state index contributed by atoms with van der Waals surface area (Å²) in [6.45, 7) is 4.99. The molecule has 0 saturated carbocycles. The molecule has 4 aromatic rings. The van der Waals surface area contributed by atoms with E-state index in [1.54, 1.807) is 0 Å². The van der Waals surface area contributed by atoms with Crippen LogP contribution in [0.1, 0.15) is 23.0 Å². The SMILES string of the molecule is CCn1c2c(-c3cccc(C=O)c3)cc(Cl)cc2c2ccnc(C)c21. The quantitative estimate of drug-likeness (QED) is 0.448. The first-order valence-electron chi connectivity index (χ1n) is 8.26. The van der Waals surface area contributed by atoms with Gasteiger partial charge in [0.25, 0.3) is 0 Å². The van der Waals surface area contributed by atoms with Gasteiger partial charge in [-0.2, -0.15) is 0 Å². The average molecular weight is 349 g/mol. The normalized spacial score (nSPS) is 11.3. The number of hydrogen-bond donors (Lipinski definition) is 0. The topological polar surface area (TPSA) is 34.9 Å². The number of hydrogen-bond acceptors (Lipinski definition) is 2. The first kappa shape index (κ1) is 15.9. The van der Waals surface area contributed by atoms with Gasteiger partial charge in [-0.05, 0) is 43.7 Å². The van der Waals surface area contributed by atoms with Gasteiger partial charge < -0.3 is 4.57 Å². The number of fused-ring (bicyclic) bond motifs is 3. The van der Waals surface area contributed by atoms with Gasteiger partial charge in [-0.15, -0.1) is 0 Å². The minimum absolute atomic E-state index is 0.655. The van der Waals surface area contributed by atoms with E-state index < -0.39 is 0 Å². The van der Waals surface area contributed by atoms with Crippen molar-refractivity contribution in [3.05, 3.63) is 64.9 Å². The van der Waals surface area contributed by atoms with Crippen LogP contribution in [0.25, 0.3) is 32.9 Å². The first-order valence-corrected chi connectivity index (χ1v) is 8.64. The predicted octanol–water partition coefficient (Wildman–Crippen LogP) is 5.65. The van der Waals surface area contributed by atoms with E-state index in [0.717, 1.165) is 51.5 Å². The van der Waals surface area contributed by atoms with E-state index >= 15 is 0 Å². The lowest BCUT2D eigenvalue weighted by molar-refractivity contribution is 0.112.